The van der Waals surface area contributed by atoms with Gasteiger partial charge in [-0.2, -0.15) is 0 Å². The monoisotopic (exact) mass is 532 g/mol. The third kappa shape index (κ3) is 11.7. The van der Waals surface area contributed by atoms with Crippen LogP contribution in [0, 0.1) is 5.92 Å². The second kappa shape index (κ2) is 17.7. The molecule has 0 rings (SSSR count). The first kappa shape index (κ1) is 30.2. The summed E-state index contributed by atoms with van der Waals surface area (Å²) in [6.45, 7) is 18.5. The van der Waals surface area contributed by atoms with E-state index in [9.17, 15) is 5.11 Å². The molecule has 0 fully saturated rings. The molecule has 2 unspecified atom stereocenters. The van der Waals surface area contributed by atoms with E-state index >= 15 is 0 Å². The second-order valence-corrected chi connectivity index (χ2v) is 22.0. The number of hydrogen-bond acceptors (Lipinski definition) is 3. The van der Waals surface area contributed by atoms with Crippen LogP contribution in [0.4, 0.5) is 0 Å². The Hall–Kier alpha value is 0.159. The zero-order valence-electron chi connectivity index (χ0n) is 21.4. The molecular weight excluding hydrogens is 479 g/mol. The molecule has 0 heterocycles. The molecule has 0 saturated carbocycles. The van der Waals surface area contributed by atoms with Crippen LogP contribution in [-0.4, -0.2) is 49.1 Å². The summed E-state index contributed by atoms with van der Waals surface area (Å²) in [4.78, 5) is 0. The molecule has 30 heavy (non-hydrogen) atoms. The Kier molecular flexibility index (Phi) is 17.8. The summed E-state index contributed by atoms with van der Waals surface area (Å²) in [5.74, 6) is 0.0523. The van der Waals surface area contributed by atoms with Crippen LogP contribution in [0.5, 0.6) is 0 Å². The van der Waals surface area contributed by atoms with Crippen molar-refractivity contribution in [3.63, 3.8) is 0 Å². The SMILES string of the molecule is CCC[CH2][Sn](/[CH]=C(\C(O)C=C(C)C)C(C)C(OCC)OCC)([CH2]CCC)[CH2]CCC. The molecule has 0 spiro atoms. The van der Waals surface area contributed by atoms with E-state index in [0.717, 1.165) is 11.1 Å². The molecule has 1 N–H and O–H groups in total. The van der Waals surface area contributed by atoms with Gasteiger partial charge < -0.3 is 0 Å². The molecule has 0 radical (unpaired) electrons. The first-order valence-electron chi connectivity index (χ1n) is 12.6. The summed E-state index contributed by atoms with van der Waals surface area (Å²) in [6, 6.07) is 0. The van der Waals surface area contributed by atoms with Crippen molar-refractivity contribution >= 4 is 18.4 Å². The van der Waals surface area contributed by atoms with Crippen LogP contribution in [-0.2, 0) is 9.47 Å². The number of unbranched alkanes of at least 4 members (excludes halogenated alkanes) is 3. The van der Waals surface area contributed by atoms with Crippen LogP contribution >= 0.6 is 0 Å². The number of ether oxygens (including phenoxy) is 2. The molecule has 0 bridgehead atoms. The summed E-state index contributed by atoms with van der Waals surface area (Å²) < 4.78 is 18.8. The Morgan fingerprint density at radius 3 is 1.60 bits per heavy atom. The van der Waals surface area contributed by atoms with E-state index in [2.05, 4.69) is 45.6 Å². The van der Waals surface area contributed by atoms with E-state index in [1.54, 1.807) is 0 Å². The molecule has 0 aliphatic carbocycles. The van der Waals surface area contributed by atoms with Gasteiger partial charge in [0.25, 0.3) is 0 Å². The van der Waals surface area contributed by atoms with Crippen LogP contribution in [0.1, 0.15) is 93.9 Å². The predicted molar refractivity (Wildman–Crippen MR) is 135 cm³/mol. The van der Waals surface area contributed by atoms with Gasteiger partial charge in [-0.1, -0.05) is 0 Å². The van der Waals surface area contributed by atoms with E-state index < -0.39 is 24.5 Å². The van der Waals surface area contributed by atoms with Crippen molar-refractivity contribution in [1.29, 1.82) is 0 Å². The number of allylic oxidation sites excluding steroid dienone is 1. The molecule has 0 aromatic rings. The average molecular weight is 531 g/mol. The zero-order valence-corrected chi connectivity index (χ0v) is 24.3. The number of aliphatic hydroxyl groups excluding tert-OH is 1. The van der Waals surface area contributed by atoms with Crippen molar-refractivity contribution in [3.8, 4) is 0 Å². The van der Waals surface area contributed by atoms with Crippen molar-refractivity contribution in [2.75, 3.05) is 13.2 Å². The molecule has 0 aliphatic heterocycles. The molecule has 4 heteroatoms. The van der Waals surface area contributed by atoms with Gasteiger partial charge in [0.05, 0.1) is 0 Å². The number of rotatable bonds is 18. The maximum absolute atomic E-state index is 11.3. The maximum atomic E-state index is 11.3. The van der Waals surface area contributed by atoms with E-state index in [4.69, 9.17) is 9.47 Å². The van der Waals surface area contributed by atoms with Crippen LogP contribution in [0.2, 0.25) is 13.3 Å². The number of hydrogen-bond donors (Lipinski definition) is 1. The fourth-order valence-corrected chi connectivity index (χ4v) is 19.9. The van der Waals surface area contributed by atoms with Crippen molar-refractivity contribution in [1.82, 2.24) is 0 Å². The summed E-state index contributed by atoms with van der Waals surface area (Å²) in [5.41, 5.74) is 2.31. The first-order chi connectivity index (χ1) is 14.3. The molecular formula is C26H52O3Sn. The van der Waals surface area contributed by atoms with Crippen LogP contribution in [0.25, 0.3) is 0 Å². The molecule has 0 saturated heterocycles. The van der Waals surface area contributed by atoms with E-state index in [-0.39, 0.29) is 12.2 Å². The summed E-state index contributed by atoms with van der Waals surface area (Å²) in [6.07, 6.45) is 8.90. The summed E-state index contributed by atoms with van der Waals surface area (Å²) in [5, 5.41) is 11.3. The van der Waals surface area contributed by atoms with Crippen LogP contribution in [0.3, 0.4) is 0 Å². The quantitative estimate of drug-likeness (QED) is 0.112. The third-order valence-electron chi connectivity index (χ3n) is 5.99. The van der Waals surface area contributed by atoms with Gasteiger partial charge in [-0.15, -0.1) is 0 Å². The Labute approximate surface area is 192 Å². The molecule has 178 valence electrons. The van der Waals surface area contributed by atoms with Crippen LogP contribution in [0.15, 0.2) is 21.3 Å². The number of aliphatic hydroxyl groups is 1. The van der Waals surface area contributed by atoms with Gasteiger partial charge in [-0.25, -0.2) is 0 Å². The molecule has 0 aromatic heterocycles. The van der Waals surface area contributed by atoms with Gasteiger partial charge in [0.15, 0.2) is 0 Å². The molecule has 0 aliphatic rings. The van der Waals surface area contributed by atoms with Gasteiger partial charge in [-0.05, 0) is 0 Å². The van der Waals surface area contributed by atoms with Gasteiger partial charge in [0.2, 0.25) is 0 Å². The Morgan fingerprint density at radius 1 is 0.833 bits per heavy atom. The van der Waals surface area contributed by atoms with E-state index in [1.165, 1.54) is 51.8 Å². The minimum atomic E-state index is -2.57. The van der Waals surface area contributed by atoms with E-state index in [1.807, 2.05) is 19.9 Å². The molecule has 0 aromatic carbocycles. The van der Waals surface area contributed by atoms with Crippen molar-refractivity contribution < 1.29 is 14.6 Å². The standard InChI is InChI=1S/C14H25O3.3C4H9.Sn/c1-7-16-14(17-8-2)12(6)11(5)13(15)9-10(3)4;3*1-3-4-2;/h5,9,12-15H,7-8H2,1-4,6H3;3*1,3-4H2,2H3;. The minimum absolute atomic E-state index is 0.0523. The van der Waals surface area contributed by atoms with Gasteiger partial charge >= 0.3 is 193 Å². The summed E-state index contributed by atoms with van der Waals surface area (Å²) in [7, 11) is 0. The van der Waals surface area contributed by atoms with Gasteiger partial charge in [-0.3, -0.25) is 0 Å². The van der Waals surface area contributed by atoms with Crippen molar-refractivity contribution in [3.05, 3.63) is 21.3 Å². The molecule has 3 nitrogen and oxygen atoms in total. The van der Waals surface area contributed by atoms with E-state index in [0.29, 0.717) is 13.2 Å². The average Bonchev–Trinajstić information content (AvgIpc) is 2.71. The Morgan fingerprint density at radius 2 is 1.27 bits per heavy atom. The van der Waals surface area contributed by atoms with Crippen molar-refractivity contribution in [2.24, 2.45) is 5.92 Å². The third-order valence-corrected chi connectivity index (χ3v) is 20.2. The first-order valence-corrected chi connectivity index (χ1v) is 20.3. The predicted octanol–water partition coefficient (Wildman–Crippen LogP) is 7.66. The second-order valence-electron chi connectivity index (χ2n) is 9.07. The van der Waals surface area contributed by atoms with Crippen LogP contribution < -0.4 is 0 Å². The van der Waals surface area contributed by atoms with Crippen molar-refractivity contribution in [2.45, 2.75) is 120 Å². The summed E-state index contributed by atoms with van der Waals surface area (Å²) >= 11 is -2.57. The Bertz CT molecular complexity index is 455. The fraction of sp³-hybridized carbons (Fsp3) is 0.846. The van der Waals surface area contributed by atoms with Gasteiger partial charge in [0, 0.05) is 0 Å². The Balaban J connectivity index is 6.33. The fourth-order valence-electron chi connectivity index (χ4n) is 4.25. The normalized spacial score (nSPS) is 14.8. The molecule has 0 amide bonds. The molecule has 2 atom stereocenters. The topological polar surface area (TPSA) is 38.7 Å². The van der Waals surface area contributed by atoms with Gasteiger partial charge in [0.1, 0.15) is 0 Å². The zero-order chi connectivity index (χ0) is 23.0.